The van der Waals surface area contributed by atoms with E-state index in [0.717, 1.165) is 16.6 Å². The third-order valence-corrected chi connectivity index (χ3v) is 4.72. The molecular formula is C22H20N4O3. The number of carbonyl (C=O) groups excluding carboxylic acids is 1. The van der Waals surface area contributed by atoms with Crippen LogP contribution in [0.2, 0.25) is 0 Å². The maximum Gasteiger partial charge on any atom is 0.275 e. The van der Waals surface area contributed by atoms with Crippen molar-refractivity contribution in [2.75, 3.05) is 7.05 Å². The predicted molar refractivity (Wildman–Crippen MR) is 108 cm³/mol. The number of likely N-dealkylation sites (N-methyl/N-ethyl adjacent to an activating group) is 1. The van der Waals surface area contributed by atoms with E-state index < -0.39 is 0 Å². The average Bonchev–Trinajstić information content (AvgIpc) is 3.25. The molecule has 7 heteroatoms. The van der Waals surface area contributed by atoms with E-state index in [9.17, 15) is 9.59 Å². The molecule has 0 aliphatic heterocycles. The summed E-state index contributed by atoms with van der Waals surface area (Å²) in [6.07, 6.45) is 5.57. The quantitative estimate of drug-likeness (QED) is 0.507. The highest BCUT2D eigenvalue weighted by Gasteiger charge is 2.16. The van der Waals surface area contributed by atoms with Crippen LogP contribution in [0.4, 0.5) is 0 Å². The Balaban J connectivity index is 1.66. The van der Waals surface area contributed by atoms with Crippen LogP contribution in [0.5, 0.6) is 0 Å². The molecule has 4 aromatic rings. The van der Waals surface area contributed by atoms with Gasteiger partial charge in [0, 0.05) is 31.2 Å². The largest absolute Gasteiger partial charge is 0.467 e. The summed E-state index contributed by atoms with van der Waals surface area (Å²) < 4.78 is 6.53. The van der Waals surface area contributed by atoms with Gasteiger partial charge in [0.05, 0.1) is 23.9 Å². The summed E-state index contributed by atoms with van der Waals surface area (Å²) in [4.78, 5) is 31.2. The third kappa shape index (κ3) is 4.08. The molecule has 0 saturated carbocycles. The van der Waals surface area contributed by atoms with Crippen molar-refractivity contribution in [2.24, 2.45) is 0 Å². The zero-order valence-electron chi connectivity index (χ0n) is 16.0. The van der Waals surface area contributed by atoms with Crippen LogP contribution < -0.4 is 5.56 Å². The summed E-state index contributed by atoms with van der Waals surface area (Å²) in [6, 6.07) is 14.7. The van der Waals surface area contributed by atoms with Gasteiger partial charge in [-0.3, -0.25) is 14.6 Å². The molecule has 0 unspecified atom stereocenters. The standard InChI is InChI=1S/C22H20N4O3/c1-25(14-17-7-5-11-29-17)21(27)15-26-22(28)19-9-3-2-8-18(19)20(24-26)12-16-6-4-10-23-13-16/h2-11,13H,12,14-15H2,1H3. The van der Waals surface area contributed by atoms with Gasteiger partial charge in [0.1, 0.15) is 12.3 Å². The molecular weight excluding hydrogens is 368 g/mol. The Morgan fingerprint density at radius 3 is 2.66 bits per heavy atom. The summed E-state index contributed by atoms with van der Waals surface area (Å²) in [5, 5.41) is 5.85. The molecule has 29 heavy (non-hydrogen) atoms. The molecule has 0 aliphatic rings. The molecule has 4 rings (SSSR count). The van der Waals surface area contributed by atoms with Crippen molar-refractivity contribution >= 4 is 16.7 Å². The van der Waals surface area contributed by atoms with Crippen molar-refractivity contribution < 1.29 is 9.21 Å². The number of pyridine rings is 1. The number of nitrogens with zero attached hydrogens (tertiary/aromatic N) is 4. The molecule has 0 radical (unpaired) electrons. The van der Waals surface area contributed by atoms with E-state index in [0.29, 0.717) is 24.1 Å². The number of benzene rings is 1. The summed E-state index contributed by atoms with van der Waals surface area (Å²) in [5.41, 5.74) is 1.43. The van der Waals surface area contributed by atoms with E-state index in [4.69, 9.17) is 4.42 Å². The highest BCUT2D eigenvalue weighted by molar-refractivity contribution is 5.84. The molecule has 0 atom stereocenters. The third-order valence-electron chi connectivity index (χ3n) is 4.72. The van der Waals surface area contributed by atoms with Crippen LogP contribution in [-0.4, -0.2) is 32.6 Å². The van der Waals surface area contributed by atoms with Gasteiger partial charge in [0.25, 0.3) is 5.56 Å². The number of fused-ring (bicyclic) bond motifs is 1. The maximum absolute atomic E-state index is 12.9. The summed E-state index contributed by atoms with van der Waals surface area (Å²) in [6.45, 7) is 0.192. The lowest BCUT2D eigenvalue weighted by Crippen LogP contribution is -2.35. The Hall–Kier alpha value is -3.74. The lowest BCUT2D eigenvalue weighted by molar-refractivity contribution is -0.131. The zero-order chi connectivity index (χ0) is 20.2. The molecule has 3 aromatic heterocycles. The lowest BCUT2D eigenvalue weighted by Gasteiger charge is -2.17. The summed E-state index contributed by atoms with van der Waals surface area (Å²) in [7, 11) is 1.67. The Bertz CT molecular complexity index is 1180. The topological polar surface area (TPSA) is 81.2 Å². The SMILES string of the molecule is CN(Cc1ccco1)C(=O)Cn1nc(Cc2cccnc2)c2ccccc2c1=O. The van der Waals surface area contributed by atoms with Gasteiger partial charge in [0.2, 0.25) is 5.91 Å². The second-order valence-corrected chi connectivity index (χ2v) is 6.82. The monoisotopic (exact) mass is 388 g/mol. The molecule has 7 nitrogen and oxygen atoms in total. The van der Waals surface area contributed by atoms with Gasteiger partial charge in [-0.2, -0.15) is 5.10 Å². The van der Waals surface area contributed by atoms with Crippen molar-refractivity contribution in [3.05, 3.63) is 94.6 Å². The van der Waals surface area contributed by atoms with E-state index >= 15 is 0 Å². The van der Waals surface area contributed by atoms with Gasteiger partial charge in [-0.15, -0.1) is 0 Å². The molecule has 0 saturated heterocycles. The van der Waals surface area contributed by atoms with Gasteiger partial charge in [-0.25, -0.2) is 4.68 Å². The minimum atomic E-state index is -0.282. The van der Waals surface area contributed by atoms with Gasteiger partial charge < -0.3 is 9.32 Å². The number of hydrogen-bond acceptors (Lipinski definition) is 5. The van der Waals surface area contributed by atoms with Gasteiger partial charge in [-0.05, 0) is 29.8 Å². The van der Waals surface area contributed by atoms with Crippen molar-refractivity contribution in [1.29, 1.82) is 0 Å². The molecule has 0 N–H and O–H groups in total. The van der Waals surface area contributed by atoms with Gasteiger partial charge >= 0.3 is 0 Å². The number of hydrogen-bond donors (Lipinski definition) is 0. The second kappa shape index (κ2) is 8.10. The minimum Gasteiger partial charge on any atom is -0.467 e. The number of amides is 1. The molecule has 1 aromatic carbocycles. The van der Waals surface area contributed by atoms with Crippen LogP contribution in [0, 0.1) is 0 Å². The highest BCUT2D eigenvalue weighted by Crippen LogP contribution is 2.16. The van der Waals surface area contributed by atoms with E-state index in [2.05, 4.69) is 10.1 Å². The first-order chi connectivity index (χ1) is 14.1. The normalized spacial score (nSPS) is 10.9. The molecule has 3 heterocycles. The van der Waals surface area contributed by atoms with E-state index in [1.54, 1.807) is 43.9 Å². The number of carbonyl (C=O) groups is 1. The number of rotatable bonds is 6. The van der Waals surface area contributed by atoms with Gasteiger partial charge in [-0.1, -0.05) is 24.3 Å². The fourth-order valence-electron chi connectivity index (χ4n) is 3.21. The summed E-state index contributed by atoms with van der Waals surface area (Å²) in [5.74, 6) is 0.454. The van der Waals surface area contributed by atoms with Crippen molar-refractivity contribution in [2.45, 2.75) is 19.5 Å². The van der Waals surface area contributed by atoms with Gasteiger partial charge in [0.15, 0.2) is 0 Å². The first kappa shape index (κ1) is 18.6. The van der Waals surface area contributed by atoms with Crippen LogP contribution in [0.25, 0.3) is 10.8 Å². The van der Waals surface area contributed by atoms with Crippen molar-refractivity contribution in [3.8, 4) is 0 Å². The Morgan fingerprint density at radius 2 is 1.93 bits per heavy atom. The van der Waals surface area contributed by atoms with Crippen molar-refractivity contribution in [3.63, 3.8) is 0 Å². The van der Waals surface area contributed by atoms with Crippen LogP contribution in [-0.2, 0) is 24.3 Å². The number of furan rings is 1. The first-order valence-corrected chi connectivity index (χ1v) is 9.26. The fraction of sp³-hybridized carbons (Fsp3) is 0.182. The van der Waals surface area contributed by atoms with Crippen LogP contribution in [0.1, 0.15) is 17.0 Å². The van der Waals surface area contributed by atoms with Crippen LogP contribution in [0.3, 0.4) is 0 Å². The van der Waals surface area contributed by atoms with E-state index in [-0.39, 0.29) is 18.0 Å². The highest BCUT2D eigenvalue weighted by atomic mass is 16.3. The Kier molecular flexibility index (Phi) is 5.20. The number of aromatic nitrogens is 3. The average molecular weight is 388 g/mol. The molecule has 0 aliphatic carbocycles. The molecule has 0 bridgehead atoms. The maximum atomic E-state index is 12.9. The van der Waals surface area contributed by atoms with Crippen molar-refractivity contribution in [1.82, 2.24) is 19.7 Å². The molecule has 146 valence electrons. The van der Waals surface area contributed by atoms with E-state index in [1.807, 2.05) is 30.3 Å². The Morgan fingerprint density at radius 1 is 1.10 bits per heavy atom. The molecule has 1 amide bonds. The predicted octanol–water partition coefficient (Wildman–Crippen LogP) is 2.63. The Labute approximate surface area is 167 Å². The second-order valence-electron chi connectivity index (χ2n) is 6.82. The van der Waals surface area contributed by atoms with E-state index in [1.165, 1.54) is 9.58 Å². The zero-order valence-corrected chi connectivity index (χ0v) is 16.0. The molecule has 0 spiro atoms. The fourth-order valence-corrected chi connectivity index (χ4v) is 3.21. The minimum absolute atomic E-state index is 0.138. The molecule has 0 fully saturated rings. The van der Waals surface area contributed by atoms with Crippen LogP contribution in [0.15, 0.2) is 76.4 Å². The van der Waals surface area contributed by atoms with Crippen LogP contribution >= 0.6 is 0 Å². The first-order valence-electron chi connectivity index (χ1n) is 9.26. The smallest absolute Gasteiger partial charge is 0.275 e. The summed E-state index contributed by atoms with van der Waals surface area (Å²) >= 11 is 0. The lowest BCUT2D eigenvalue weighted by atomic mass is 10.1.